The molecular weight excluding hydrogens is 284 g/mol. The van der Waals surface area contributed by atoms with Crippen LogP contribution in [-0.2, 0) is 4.79 Å². The van der Waals surface area contributed by atoms with Gasteiger partial charge in [0.2, 0.25) is 0 Å². The van der Waals surface area contributed by atoms with Crippen LogP contribution in [0.2, 0.25) is 0 Å². The lowest BCUT2D eigenvalue weighted by molar-refractivity contribution is -0.145. The number of ether oxygens (including phenoxy) is 1. The van der Waals surface area contributed by atoms with Crippen LogP contribution in [0.5, 0.6) is 5.75 Å². The predicted octanol–water partition coefficient (Wildman–Crippen LogP) is 3.90. The number of hydrogen-bond acceptors (Lipinski definition) is 3. The molecule has 0 aliphatic heterocycles. The Bertz CT molecular complexity index is 566. The van der Waals surface area contributed by atoms with E-state index in [4.69, 9.17) is 9.84 Å². The molecule has 0 radical (unpaired) electrons. The summed E-state index contributed by atoms with van der Waals surface area (Å²) < 4.78 is 5.54. The molecule has 4 heteroatoms. The van der Waals surface area contributed by atoms with Crippen LogP contribution < -0.4 is 4.74 Å². The zero-order chi connectivity index (χ0) is 15.1. The van der Waals surface area contributed by atoms with Gasteiger partial charge in [-0.2, -0.15) is 12.6 Å². The van der Waals surface area contributed by atoms with Gasteiger partial charge in [0.25, 0.3) is 0 Å². The molecule has 0 saturated carbocycles. The number of hydrogen-bond donors (Lipinski definition) is 2. The average Bonchev–Trinajstić information content (AvgIpc) is 2.52. The summed E-state index contributed by atoms with van der Waals surface area (Å²) in [6, 6.07) is 17.5. The first kappa shape index (κ1) is 15.4. The lowest BCUT2D eigenvalue weighted by atomic mass is 10.1. The molecule has 21 heavy (non-hydrogen) atoms. The molecule has 1 atom stereocenters. The quantitative estimate of drug-likeness (QED) is 0.763. The average molecular weight is 302 g/mol. The van der Waals surface area contributed by atoms with Crippen molar-refractivity contribution in [2.75, 3.05) is 5.75 Å². The van der Waals surface area contributed by atoms with Gasteiger partial charge in [0.1, 0.15) is 5.75 Å². The molecule has 0 spiro atoms. The highest BCUT2D eigenvalue weighted by Crippen LogP contribution is 2.23. The fraction of sp³-hybridized carbons (Fsp3) is 0.235. The van der Waals surface area contributed by atoms with Crippen molar-refractivity contribution in [3.05, 3.63) is 54.6 Å². The molecule has 110 valence electrons. The van der Waals surface area contributed by atoms with Crippen LogP contribution in [0, 0.1) is 0 Å². The first-order valence-corrected chi connectivity index (χ1v) is 7.50. The zero-order valence-corrected chi connectivity index (χ0v) is 12.5. The first-order valence-electron chi connectivity index (χ1n) is 6.86. The van der Waals surface area contributed by atoms with E-state index < -0.39 is 12.1 Å². The fourth-order valence-corrected chi connectivity index (χ4v) is 2.21. The van der Waals surface area contributed by atoms with E-state index in [1.54, 1.807) is 12.1 Å². The number of aliphatic carboxylic acids is 1. The lowest BCUT2D eigenvalue weighted by Gasteiger charge is -2.15. The molecule has 0 bridgehead atoms. The molecule has 0 aliphatic rings. The van der Waals surface area contributed by atoms with E-state index in [1.807, 2.05) is 42.5 Å². The topological polar surface area (TPSA) is 46.5 Å². The Labute approximate surface area is 130 Å². The predicted molar refractivity (Wildman–Crippen MR) is 87.0 cm³/mol. The van der Waals surface area contributed by atoms with Crippen molar-refractivity contribution in [3.8, 4) is 16.9 Å². The van der Waals surface area contributed by atoms with E-state index in [0.717, 1.165) is 11.1 Å². The number of carboxylic acids is 1. The lowest BCUT2D eigenvalue weighted by Crippen LogP contribution is -2.27. The van der Waals surface area contributed by atoms with Gasteiger partial charge in [0.15, 0.2) is 6.10 Å². The van der Waals surface area contributed by atoms with Crippen LogP contribution in [0.25, 0.3) is 11.1 Å². The number of carboxylic acid groups (broad SMARTS) is 1. The van der Waals surface area contributed by atoms with E-state index in [9.17, 15) is 4.79 Å². The highest BCUT2D eigenvalue weighted by Gasteiger charge is 2.18. The third kappa shape index (κ3) is 4.53. The van der Waals surface area contributed by atoms with Gasteiger partial charge < -0.3 is 9.84 Å². The van der Waals surface area contributed by atoms with Crippen molar-refractivity contribution < 1.29 is 14.6 Å². The van der Waals surface area contributed by atoms with Gasteiger partial charge in [0.05, 0.1) is 0 Å². The van der Waals surface area contributed by atoms with Gasteiger partial charge in [0, 0.05) is 0 Å². The highest BCUT2D eigenvalue weighted by molar-refractivity contribution is 7.80. The molecule has 1 unspecified atom stereocenters. The van der Waals surface area contributed by atoms with Crippen molar-refractivity contribution in [1.29, 1.82) is 0 Å². The largest absolute Gasteiger partial charge is 0.479 e. The molecule has 0 amide bonds. The Hall–Kier alpha value is -1.94. The fourth-order valence-electron chi connectivity index (χ4n) is 2.03. The Morgan fingerprint density at radius 1 is 1.05 bits per heavy atom. The first-order chi connectivity index (χ1) is 10.2. The van der Waals surface area contributed by atoms with E-state index in [2.05, 4.69) is 12.6 Å². The highest BCUT2D eigenvalue weighted by atomic mass is 32.1. The standard InChI is InChI=1S/C17H18O3S/c18-17(19)16(7-4-12-21)20-15-10-8-14(9-11-15)13-5-2-1-3-6-13/h1-3,5-6,8-11,16,21H,4,7,12H2,(H,18,19). The van der Waals surface area contributed by atoms with Crippen molar-refractivity contribution in [1.82, 2.24) is 0 Å². The summed E-state index contributed by atoms with van der Waals surface area (Å²) in [4.78, 5) is 11.1. The van der Waals surface area contributed by atoms with Crippen molar-refractivity contribution >= 4 is 18.6 Å². The summed E-state index contributed by atoms with van der Waals surface area (Å²) in [5.41, 5.74) is 2.19. The number of benzene rings is 2. The maximum atomic E-state index is 11.1. The van der Waals surface area contributed by atoms with E-state index >= 15 is 0 Å². The van der Waals surface area contributed by atoms with Crippen molar-refractivity contribution in [2.24, 2.45) is 0 Å². The third-order valence-electron chi connectivity index (χ3n) is 3.14. The Morgan fingerprint density at radius 2 is 1.67 bits per heavy atom. The Kier molecular flexibility index (Phi) is 5.69. The molecule has 2 rings (SSSR count). The third-order valence-corrected chi connectivity index (χ3v) is 3.46. The SMILES string of the molecule is O=C(O)C(CCCS)Oc1ccc(-c2ccccc2)cc1. The van der Waals surface area contributed by atoms with E-state index in [1.165, 1.54) is 0 Å². The van der Waals surface area contributed by atoms with Gasteiger partial charge in [-0.1, -0.05) is 42.5 Å². The molecule has 0 aliphatic carbocycles. The zero-order valence-electron chi connectivity index (χ0n) is 11.6. The smallest absolute Gasteiger partial charge is 0.344 e. The van der Waals surface area contributed by atoms with Crippen molar-refractivity contribution in [3.63, 3.8) is 0 Å². The summed E-state index contributed by atoms with van der Waals surface area (Å²) in [6.07, 6.45) is 0.348. The molecule has 3 nitrogen and oxygen atoms in total. The molecule has 0 aromatic heterocycles. The van der Waals surface area contributed by atoms with Crippen LogP contribution in [-0.4, -0.2) is 22.9 Å². The van der Waals surface area contributed by atoms with Crippen molar-refractivity contribution in [2.45, 2.75) is 18.9 Å². The van der Waals surface area contributed by atoms with Crippen LogP contribution >= 0.6 is 12.6 Å². The van der Waals surface area contributed by atoms with Gasteiger partial charge in [-0.05, 0) is 41.9 Å². The number of rotatable bonds is 7. The minimum atomic E-state index is -0.941. The van der Waals surface area contributed by atoms with Gasteiger partial charge in [-0.3, -0.25) is 0 Å². The van der Waals surface area contributed by atoms with Gasteiger partial charge >= 0.3 is 5.97 Å². The summed E-state index contributed by atoms with van der Waals surface area (Å²) in [5, 5.41) is 9.14. The van der Waals surface area contributed by atoms with Gasteiger partial charge in [-0.15, -0.1) is 0 Å². The maximum Gasteiger partial charge on any atom is 0.344 e. The maximum absolute atomic E-state index is 11.1. The molecule has 0 saturated heterocycles. The monoisotopic (exact) mass is 302 g/mol. The summed E-state index contributed by atoms with van der Waals surface area (Å²) in [7, 11) is 0. The summed E-state index contributed by atoms with van der Waals surface area (Å²) >= 11 is 4.10. The Morgan fingerprint density at radius 3 is 2.24 bits per heavy atom. The molecule has 2 aromatic carbocycles. The Balaban J connectivity index is 2.06. The number of carbonyl (C=O) groups is 1. The molecule has 2 aromatic rings. The molecule has 1 N–H and O–H groups in total. The van der Waals surface area contributed by atoms with E-state index in [-0.39, 0.29) is 0 Å². The van der Waals surface area contributed by atoms with E-state index in [0.29, 0.717) is 24.3 Å². The molecular formula is C17H18O3S. The molecule has 0 fully saturated rings. The minimum Gasteiger partial charge on any atom is -0.479 e. The van der Waals surface area contributed by atoms with Crippen LogP contribution in [0.3, 0.4) is 0 Å². The second-order valence-electron chi connectivity index (χ2n) is 4.70. The van der Waals surface area contributed by atoms with Gasteiger partial charge in [-0.25, -0.2) is 4.79 Å². The number of thiol groups is 1. The second kappa shape index (κ2) is 7.74. The second-order valence-corrected chi connectivity index (χ2v) is 5.15. The normalized spacial score (nSPS) is 11.9. The minimum absolute atomic E-state index is 0.458. The summed E-state index contributed by atoms with van der Waals surface area (Å²) in [6.45, 7) is 0. The van der Waals surface area contributed by atoms with Crippen LogP contribution in [0.4, 0.5) is 0 Å². The summed E-state index contributed by atoms with van der Waals surface area (Å²) in [5.74, 6) is 0.283. The van der Waals surface area contributed by atoms with Crippen LogP contribution in [0.1, 0.15) is 12.8 Å². The van der Waals surface area contributed by atoms with Crippen LogP contribution in [0.15, 0.2) is 54.6 Å². The molecule has 0 heterocycles.